The van der Waals surface area contributed by atoms with E-state index in [-0.39, 0.29) is 11.1 Å². The molecule has 0 atom stereocenters. The van der Waals surface area contributed by atoms with Crippen LogP contribution in [0.15, 0.2) is 194 Å². The standard InChI is InChI=1S/C56H32N6/c57-33-43-44(34-58)54(60-47-27-11-3-19-37(47)38-20-4-12-28-48(38)60)56(62-51-31-15-7-23-41(51)42-24-8-16-32-52(42)62)55(61-49-29-13-5-21-39(49)40-22-6-14-30-50(40)61)53(43)59-45-25-9-1-17-35(45)36-18-2-10-26-46(36)59/h1-32H. The van der Waals surface area contributed by atoms with Crippen LogP contribution in [0.5, 0.6) is 0 Å². The summed E-state index contributed by atoms with van der Waals surface area (Å²) in [5.74, 6) is 0. The van der Waals surface area contributed by atoms with Gasteiger partial charge < -0.3 is 18.3 Å². The summed E-state index contributed by atoms with van der Waals surface area (Å²) in [7, 11) is 0. The first-order valence-corrected chi connectivity index (χ1v) is 20.7. The predicted molar refractivity (Wildman–Crippen MR) is 253 cm³/mol. The van der Waals surface area contributed by atoms with E-state index in [1.54, 1.807) is 0 Å². The lowest BCUT2D eigenvalue weighted by Gasteiger charge is -2.27. The van der Waals surface area contributed by atoms with Crippen molar-refractivity contribution in [2.75, 3.05) is 0 Å². The summed E-state index contributed by atoms with van der Waals surface area (Å²) in [6, 6.07) is 73.0. The van der Waals surface area contributed by atoms with Gasteiger partial charge in [-0.25, -0.2) is 0 Å². The fourth-order valence-corrected chi connectivity index (χ4v) is 10.4. The van der Waals surface area contributed by atoms with Crippen molar-refractivity contribution in [3.8, 4) is 34.9 Å². The first-order valence-electron chi connectivity index (χ1n) is 20.7. The molecule has 0 fully saturated rings. The zero-order valence-corrected chi connectivity index (χ0v) is 33.2. The molecule has 0 bridgehead atoms. The monoisotopic (exact) mass is 788 g/mol. The van der Waals surface area contributed by atoms with Crippen LogP contribution in [-0.2, 0) is 0 Å². The predicted octanol–water partition coefficient (Wildman–Crippen LogP) is 13.8. The van der Waals surface area contributed by atoms with E-state index in [0.29, 0.717) is 11.4 Å². The molecule has 0 saturated carbocycles. The molecule has 6 heteroatoms. The molecule has 0 aliphatic heterocycles. The van der Waals surface area contributed by atoms with Crippen LogP contribution in [0.25, 0.3) is 110 Å². The minimum atomic E-state index is 0.289. The average molecular weight is 789 g/mol. The normalized spacial score (nSPS) is 11.8. The molecule has 62 heavy (non-hydrogen) atoms. The van der Waals surface area contributed by atoms with Gasteiger partial charge >= 0.3 is 0 Å². The van der Waals surface area contributed by atoms with Crippen LogP contribution in [0.4, 0.5) is 0 Å². The van der Waals surface area contributed by atoms with Crippen LogP contribution in [0, 0.1) is 22.7 Å². The van der Waals surface area contributed by atoms with E-state index in [2.05, 4.69) is 225 Å². The molecule has 13 aromatic rings. The Labute approximate surface area is 354 Å². The fraction of sp³-hybridized carbons (Fsp3) is 0. The van der Waals surface area contributed by atoms with Crippen molar-refractivity contribution in [2.24, 2.45) is 0 Å². The van der Waals surface area contributed by atoms with E-state index >= 15 is 0 Å². The van der Waals surface area contributed by atoms with E-state index in [1.807, 2.05) is 0 Å². The Hall–Kier alpha value is -8.84. The second kappa shape index (κ2) is 12.8. The number of hydrogen-bond acceptors (Lipinski definition) is 2. The summed E-state index contributed by atoms with van der Waals surface area (Å²) < 4.78 is 9.16. The third-order valence-electron chi connectivity index (χ3n) is 12.8. The number of aromatic nitrogens is 4. The number of para-hydroxylation sites is 8. The number of hydrogen-bond donors (Lipinski definition) is 0. The highest BCUT2D eigenvalue weighted by Crippen LogP contribution is 2.49. The Bertz CT molecular complexity index is 3660. The molecule has 0 radical (unpaired) electrons. The Morgan fingerprint density at radius 3 is 0.565 bits per heavy atom. The van der Waals surface area contributed by atoms with Crippen molar-refractivity contribution in [3.05, 3.63) is 205 Å². The molecule has 0 saturated heterocycles. The summed E-state index contributed by atoms with van der Waals surface area (Å²) in [6.07, 6.45) is 0. The average Bonchev–Trinajstić information content (AvgIpc) is 4.06. The summed E-state index contributed by atoms with van der Waals surface area (Å²) in [6.45, 7) is 0. The van der Waals surface area contributed by atoms with Gasteiger partial charge in [0.15, 0.2) is 0 Å². The lowest BCUT2D eigenvalue weighted by Crippen LogP contribution is -2.17. The van der Waals surface area contributed by atoms with Gasteiger partial charge in [-0.3, -0.25) is 0 Å². The third-order valence-corrected chi connectivity index (χ3v) is 12.8. The Morgan fingerprint density at radius 2 is 0.387 bits per heavy atom. The van der Waals surface area contributed by atoms with E-state index in [0.717, 1.165) is 98.6 Å². The van der Waals surface area contributed by atoms with Gasteiger partial charge in [0.05, 0.1) is 78.0 Å². The topological polar surface area (TPSA) is 67.3 Å². The maximum Gasteiger partial charge on any atom is 0.103 e. The first-order chi connectivity index (χ1) is 30.8. The maximum atomic E-state index is 11.9. The second-order valence-corrected chi connectivity index (χ2v) is 15.8. The number of nitriles is 2. The van der Waals surface area contributed by atoms with Crippen molar-refractivity contribution in [1.29, 1.82) is 10.5 Å². The Balaban J connectivity index is 1.41. The molecule has 0 unspecified atom stereocenters. The molecular formula is C56H32N6. The van der Waals surface area contributed by atoms with E-state index < -0.39 is 0 Å². The van der Waals surface area contributed by atoms with Gasteiger partial charge in [-0.1, -0.05) is 146 Å². The molecular weight excluding hydrogens is 757 g/mol. The molecule has 286 valence electrons. The van der Waals surface area contributed by atoms with Gasteiger partial charge in [-0.2, -0.15) is 10.5 Å². The van der Waals surface area contributed by atoms with E-state index in [9.17, 15) is 10.5 Å². The molecule has 13 rings (SSSR count). The highest BCUT2D eigenvalue weighted by atomic mass is 15.1. The highest BCUT2D eigenvalue weighted by molar-refractivity contribution is 6.16. The van der Waals surface area contributed by atoms with Gasteiger partial charge in [0, 0.05) is 43.1 Å². The molecule has 4 heterocycles. The lowest BCUT2D eigenvalue weighted by atomic mass is 9.98. The van der Waals surface area contributed by atoms with Crippen LogP contribution in [0.2, 0.25) is 0 Å². The molecule has 0 N–H and O–H groups in total. The van der Waals surface area contributed by atoms with Crippen LogP contribution >= 0.6 is 0 Å². The SMILES string of the molecule is N#Cc1c(C#N)c(-n2c3ccccc3c3ccccc32)c(-n2c3ccccc3c3ccccc32)c(-n2c3ccccc3c3ccccc32)c1-n1c2ccccc2c2ccccc21. The summed E-state index contributed by atoms with van der Waals surface area (Å²) in [5, 5.41) is 32.4. The van der Waals surface area contributed by atoms with Crippen LogP contribution in [-0.4, -0.2) is 18.3 Å². The quantitative estimate of drug-likeness (QED) is 0.178. The summed E-state index contributed by atoms with van der Waals surface area (Å²) >= 11 is 0. The summed E-state index contributed by atoms with van der Waals surface area (Å²) in [5.41, 5.74) is 11.1. The van der Waals surface area contributed by atoms with Gasteiger partial charge in [0.1, 0.15) is 12.1 Å². The third kappa shape index (κ3) is 4.39. The zero-order valence-electron chi connectivity index (χ0n) is 33.2. The van der Waals surface area contributed by atoms with Gasteiger partial charge in [0.2, 0.25) is 0 Å². The smallest absolute Gasteiger partial charge is 0.103 e. The van der Waals surface area contributed by atoms with Crippen molar-refractivity contribution in [1.82, 2.24) is 18.3 Å². The summed E-state index contributed by atoms with van der Waals surface area (Å²) in [4.78, 5) is 0. The van der Waals surface area contributed by atoms with Crippen molar-refractivity contribution in [2.45, 2.75) is 0 Å². The second-order valence-electron chi connectivity index (χ2n) is 15.8. The molecule has 0 aliphatic rings. The van der Waals surface area contributed by atoms with Gasteiger partial charge in [-0.15, -0.1) is 0 Å². The Kier molecular flexibility index (Phi) is 7.05. The molecule has 0 aliphatic carbocycles. The number of benzene rings is 9. The van der Waals surface area contributed by atoms with E-state index in [4.69, 9.17) is 0 Å². The minimum absolute atomic E-state index is 0.289. The Morgan fingerprint density at radius 1 is 0.226 bits per heavy atom. The number of nitrogens with zero attached hydrogens (tertiary/aromatic N) is 6. The van der Waals surface area contributed by atoms with Crippen molar-refractivity contribution >= 4 is 87.2 Å². The zero-order chi connectivity index (χ0) is 41.1. The molecule has 0 amide bonds. The number of fused-ring (bicyclic) bond motifs is 12. The minimum Gasteiger partial charge on any atom is -0.306 e. The largest absolute Gasteiger partial charge is 0.306 e. The van der Waals surface area contributed by atoms with Crippen molar-refractivity contribution < 1.29 is 0 Å². The molecule has 0 spiro atoms. The van der Waals surface area contributed by atoms with Gasteiger partial charge in [-0.05, 0) is 48.5 Å². The number of rotatable bonds is 4. The molecule has 4 aromatic heterocycles. The fourth-order valence-electron chi connectivity index (χ4n) is 10.4. The lowest BCUT2D eigenvalue weighted by molar-refractivity contribution is 1.01. The van der Waals surface area contributed by atoms with Crippen LogP contribution in [0.1, 0.15) is 11.1 Å². The highest BCUT2D eigenvalue weighted by Gasteiger charge is 2.34. The molecule has 9 aromatic carbocycles. The molecule has 6 nitrogen and oxygen atoms in total. The van der Waals surface area contributed by atoms with Gasteiger partial charge in [0.25, 0.3) is 0 Å². The van der Waals surface area contributed by atoms with E-state index in [1.165, 1.54) is 0 Å². The van der Waals surface area contributed by atoms with Crippen molar-refractivity contribution in [3.63, 3.8) is 0 Å². The maximum absolute atomic E-state index is 11.9. The van der Waals surface area contributed by atoms with Crippen LogP contribution < -0.4 is 0 Å². The van der Waals surface area contributed by atoms with Crippen LogP contribution in [0.3, 0.4) is 0 Å². The first kappa shape index (κ1) is 34.1.